The largest absolute Gasteiger partial charge is 0.465 e. The molecule has 1 rings (SSSR count). The summed E-state index contributed by atoms with van der Waals surface area (Å²) in [5.41, 5.74) is 0.966. The number of benzene rings is 1. The van der Waals surface area contributed by atoms with E-state index in [-0.39, 0.29) is 5.02 Å². The van der Waals surface area contributed by atoms with Gasteiger partial charge in [0.1, 0.15) is 0 Å². The number of halogens is 2. The molecule has 0 radical (unpaired) electrons. The minimum Gasteiger partial charge on any atom is -0.465 e. The molecular weight excluding hydrogens is 368 g/mol. The Morgan fingerprint density at radius 2 is 2.22 bits per heavy atom. The molecule has 0 saturated heterocycles. The maximum absolute atomic E-state index is 11.4. The van der Waals surface area contributed by atoms with Crippen LogP contribution in [0.1, 0.15) is 10.4 Å². The first kappa shape index (κ1) is 14.9. The molecule has 0 N–H and O–H groups in total. The van der Waals surface area contributed by atoms with Gasteiger partial charge < -0.3 is 4.74 Å². The van der Waals surface area contributed by atoms with Crippen LogP contribution >= 0.6 is 34.2 Å². The summed E-state index contributed by atoms with van der Waals surface area (Å²) in [4.78, 5) is 15.4. The Morgan fingerprint density at radius 1 is 1.56 bits per heavy atom. The van der Waals surface area contributed by atoms with Crippen LogP contribution in [0, 0.1) is 0 Å². The van der Waals surface area contributed by atoms with Crippen LogP contribution in [-0.4, -0.2) is 30.7 Å². The average Bonchev–Trinajstić information content (AvgIpc) is 2.38. The van der Waals surface area contributed by atoms with E-state index in [1.807, 2.05) is 22.6 Å². The second kappa shape index (κ2) is 6.69. The van der Waals surface area contributed by atoms with Crippen LogP contribution in [-0.2, 0) is 4.74 Å². The number of esters is 1. The fourth-order valence-corrected chi connectivity index (χ4v) is 1.94. The minimum atomic E-state index is -0.483. The first-order valence-corrected chi connectivity index (χ1v) is 6.27. The highest BCUT2D eigenvalue weighted by atomic mass is 127. The number of anilines is 1. The summed E-state index contributed by atoms with van der Waals surface area (Å²) in [6, 6.07) is 4.87. The molecule has 96 valence electrons. The number of nitrogens with zero attached hydrogens (tertiary/aromatic N) is 3. The first-order chi connectivity index (χ1) is 8.54. The number of ether oxygens (including phenoxy) is 1. The number of hydrogen-bond donors (Lipinski definition) is 0. The number of aliphatic imine (C=N–C) groups is 1. The second-order valence-corrected chi connectivity index (χ2v) is 4.47. The lowest BCUT2D eigenvalue weighted by atomic mass is 10.2. The number of rotatable bonds is 3. The molecule has 0 atom stereocenters. The zero-order valence-corrected chi connectivity index (χ0v) is 12.8. The van der Waals surface area contributed by atoms with Crippen LogP contribution in [0.2, 0.25) is 5.02 Å². The lowest BCUT2D eigenvalue weighted by Gasteiger charge is -2.17. The molecule has 0 aliphatic carbocycles. The van der Waals surface area contributed by atoms with Crippen LogP contribution in [0.3, 0.4) is 0 Å². The van der Waals surface area contributed by atoms with Gasteiger partial charge in [0.05, 0.1) is 23.4 Å². The lowest BCUT2D eigenvalue weighted by Crippen LogP contribution is -2.19. The van der Waals surface area contributed by atoms with Gasteiger partial charge in [0.15, 0.2) is 3.84 Å². The third kappa shape index (κ3) is 3.20. The van der Waals surface area contributed by atoms with Crippen molar-refractivity contribution in [3.63, 3.8) is 0 Å². The summed E-state index contributed by atoms with van der Waals surface area (Å²) in [5.74, 6) is -0.483. The second-order valence-electron chi connectivity index (χ2n) is 3.10. The van der Waals surface area contributed by atoms with E-state index in [1.54, 1.807) is 25.2 Å². The Bertz CT molecular complexity index is 505. The van der Waals surface area contributed by atoms with Gasteiger partial charge in [0.2, 0.25) is 0 Å². The van der Waals surface area contributed by atoms with Crippen LogP contribution in [0.25, 0.3) is 0 Å². The van der Waals surface area contributed by atoms with E-state index in [4.69, 9.17) is 11.6 Å². The Hall–Kier alpha value is -1.15. The lowest BCUT2D eigenvalue weighted by molar-refractivity contribution is 0.0601. The van der Waals surface area contributed by atoms with E-state index in [1.165, 1.54) is 12.1 Å². The van der Waals surface area contributed by atoms with Gasteiger partial charge in [-0.15, -0.1) is 0 Å². The molecule has 0 bridgehead atoms. The number of hydrazone groups is 1. The number of carbonyl (C=O) groups excluding carboxylic acids is 1. The molecule has 7 heteroatoms. The number of methoxy groups -OCH3 is 1. The maximum Gasteiger partial charge on any atom is 0.339 e. The summed E-state index contributed by atoms with van der Waals surface area (Å²) in [6.45, 7) is 3.47. The van der Waals surface area contributed by atoms with Crippen molar-refractivity contribution >= 4 is 56.4 Å². The average molecular weight is 380 g/mol. The first-order valence-electron chi connectivity index (χ1n) is 4.82. The van der Waals surface area contributed by atoms with Gasteiger partial charge in [-0.05, 0) is 18.2 Å². The fraction of sp³-hybridized carbons (Fsp3) is 0.182. The van der Waals surface area contributed by atoms with Crippen molar-refractivity contribution in [2.45, 2.75) is 0 Å². The molecular formula is C11H11ClIN3O2. The normalized spacial score (nSPS) is 11.0. The zero-order chi connectivity index (χ0) is 13.7. The smallest absolute Gasteiger partial charge is 0.339 e. The van der Waals surface area contributed by atoms with Gasteiger partial charge in [-0.3, -0.25) is 4.99 Å². The molecule has 0 aliphatic rings. The summed E-state index contributed by atoms with van der Waals surface area (Å²) in [5, 5.41) is 5.63. The summed E-state index contributed by atoms with van der Waals surface area (Å²) in [7, 11) is 2.95. The molecule has 0 fully saturated rings. The van der Waals surface area contributed by atoms with E-state index in [9.17, 15) is 4.79 Å². The molecule has 0 spiro atoms. The van der Waals surface area contributed by atoms with Gasteiger partial charge >= 0.3 is 5.97 Å². The Morgan fingerprint density at radius 3 is 2.67 bits per heavy atom. The molecule has 0 saturated carbocycles. The standard InChI is InChI=1S/C11H11ClIN3O2/c1-14-11(13)16(15-2)7-4-5-8(9(12)6-7)10(17)18-3/h4-6H,2H2,1,3H3. The summed E-state index contributed by atoms with van der Waals surface area (Å²) >= 11 is 8.04. The maximum atomic E-state index is 11.4. The minimum absolute atomic E-state index is 0.285. The van der Waals surface area contributed by atoms with Gasteiger partial charge in [-0.2, -0.15) is 5.10 Å². The third-order valence-electron chi connectivity index (χ3n) is 2.10. The highest BCUT2D eigenvalue weighted by molar-refractivity contribution is 14.1. The fourth-order valence-electron chi connectivity index (χ4n) is 1.25. The molecule has 0 unspecified atom stereocenters. The van der Waals surface area contributed by atoms with Crippen molar-refractivity contribution in [2.24, 2.45) is 10.1 Å². The molecule has 0 heterocycles. The van der Waals surface area contributed by atoms with Gasteiger partial charge in [-0.1, -0.05) is 11.6 Å². The van der Waals surface area contributed by atoms with Crippen LogP contribution in [0.4, 0.5) is 5.69 Å². The summed E-state index contributed by atoms with van der Waals surface area (Å²) < 4.78 is 5.24. The van der Waals surface area contributed by atoms with Crippen molar-refractivity contribution in [3.8, 4) is 0 Å². The molecule has 0 aromatic heterocycles. The van der Waals surface area contributed by atoms with E-state index >= 15 is 0 Å². The quantitative estimate of drug-likeness (QED) is 0.203. The van der Waals surface area contributed by atoms with Crippen LogP contribution in [0.15, 0.2) is 28.3 Å². The predicted molar refractivity (Wildman–Crippen MR) is 82.2 cm³/mol. The topological polar surface area (TPSA) is 54.3 Å². The highest BCUT2D eigenvalue weighted by Gasteiger charge is 2.14. The van der Waals surface area contributed by atoms with Crippen molar-refractivity contribution in [3.05, 3.63) is 28.8 Å². The van der Waals surface area contributed by atoms with Crippen molar-refractivity contribution in [2.75, 3.05) is 19.2 Å². The third-order valence-corrected chi connectivity index (χ3v) is 3.36. The Balaban J connectivity index is 3.18. The Labute approximate surface area is 124 Å². The van der Waals surface area contributed by atoms with E-state index in [2.05, 4.69) is 21.5 Å². The van der Waals surface area contributed by atoms with Gasteiger partial charge in [0, 0.05) is 36.4 Å². The monoisotopic (exact) mass is 379 g/mol. The van der Waals surface area contributed by atoms with E-state index in [0.29, 0.717) is 15.1 Å². The van der Waals surface area contributed by atoms with Gasteiger partial charge in [-0.25, -0.2) is 9.80 Å². The molecule has 1 aromatic carbocycles. The van der Waals surface area contributed by atoms with Crippen LogP contribution < -0.4 is 5.01 Å². The predicted octanol–water partition coefficient (Wildman–Crippen LogP) is 2.97. The van der Waals surface area contributed by atoms with E-state index in [0.717, 1.165) is 0 Å². The number of amidine groups is 1. The van der Waals surface area contributed by atoms with Crippen molar-refractivity contribution in [1.82, 2.24) is 0 Å². The number of carbonyl (C=O) groups is 1. The van der Waals surface area contributed by atoms with Crippen LogP contribution in [0.5, 0.6) is 0 Å². The molecule has 0 aliphatic heterocycles. The molecule has 5 nitrogen and oxygen atoms in total. The Kier molecular flexibility index (Phi) is 5.54. The molecule has 1 aromatic rings. The zero-order valence-electron chi connectivity index (χ0n) is 9.85. The number of hydrogen-bond acceptors (Lipinski definition) is 4. The summed E-state index contributed by atoms with van der Waals surface area (Å²) in [6.07, 6.45) is 0. The van der Waals surface area contributed by atoms with Gasteiger partial charge in [0.25, 0.3) is 0 Å². The van der Waals surface area contributed by atoms with Crippen molar-refractivity contribution < 1.29 is 9.53 Å². The molecule has 18 heavy (non-hydrogen) atoms. The van der Waals surface area contributed by atoms with E-state index < -0.39 is 5.97 Å². The molecule has 0 amide bonds. The van der Waals surface area contributed by atoms with Crippen molar-refractivity contribution in [1.29, 1.82) is 0 Å². The highest BCUT2D eigenvalue weighted by Crippen LogP contribution is 2.25. The SMILES string of the molecule is C=NN(C(I)=NC)c1ccc(C(=O)OC)c(Cl)c1.